The largest absolute Gasteiger partial charge is 0.467 e. The summed E-state index contributed by atoms with van der Waals surface area (Å²) in [4.78, 5) is 32.0. The number of carbonyl (C=O) groups excluding carboxylic acids is 2. The Bertz CT molecular complexity index is 277. The van der Waals surface area contributed by atoms with E-state index in [1.54, 1.807) is 13.8 Å². The molecule has 0 bridgehead atoms. The Morgan fingerprint density at radius 3 is 2.38 bits per heavy atom. The van der Waals surface area contributed by atoms with E-state index in [0.29, 0.717) is 0 Å². The van der Waals surface area contributed by atoms with Gasteiger partial charge in [0.25, 0.3) is 0 Å². The molecule has 0 aliphatic carbocycles. The quantitative estimate of drug-likeness (QED) is 0.394. The number of hydrogen-bond acceptors (Lipinski definition) is 5. The first-order chi connectivity index (χ1) is 7.38. The van der Waals surface area contributed by atoms with Crippen molar-refractivity contribution < 1.29 is 19.2 Å². The Hall–Kier alpha value is -1.66. The van der Waals surface area contributed by atoms with E-state index in [-0.39, 0.29) is 12.3 Å². The zero-order chi connectivity index (χ0) is 12.7. The second-order valence-electron chi connectivity index (χ2n) is 3.62. The minimum atomic E-state index is -0.760. The molecule has 7 heteroatoms. The molecule has 0 aliphatic rings. The number of nitro groups is 1. The van der Waals surface area contributed by atoms with Gasteiger partial charge in [0.1, 0.15) is 6.04 Å². The molecule has 0 heterocycles. The zero-order valence-electron chi connectivity index (χ0n) is 9.56. The summed E-state index contributed by atoms with van der Waals surface area (Å²) in [6, 6.07) is -0.760. The minimum Gasteiger partial charge on any atom is -0.467 e. The number of rotatable bonds is 6. The van der Waals surface area contributed by atoms with Crippen molar-refractivity contribution in [1.29, 1.82) is 0 Å². The standard InChI is InChI=1S/C9H16N2O5/c1-6(2)8(9(13)16-3)10-7(12)4-5-11(14)15/h6,8H,4-5H2,1-3H3,(H,10,12)/t8-/m1/s1. The number of carbonyl (C=O) groups is 2. The molecule has 0 fully saturated rings. The summed E-state index contributed by atoms with van der Waals surface area (Å²) >= 11 is 0. The van der Waals surface area contributed by atoms with Gasteiger partial charge in [0, 0.05) is 4.92 Å². The van der Waals surface area contributed by atoms with Crippen LogP contribution in [0, 0.1) is 16.0 Å². The molecule has 0 aromatic heterocycles. The van der Waals surface area contributed by atoms with Crippen molar-refractivity contribution in [2.75, 3.05) is 13.7 Å². The molecule has 0 rings (SSSR count). The van der Waals surface area contributed by atoms with E-state index in [0.717, 1.165) is 0 Å². The Balaban J connectivity index is 4.24. The average Bonchev–Trinajstić information content (AvgIpc) is 2.21. The van der Waals surface area contributed by atoms with Gasteiger partial charge in [-0.25, -0.2) is 4.79 Å². The summed E-state index contributed by atoms with van der Waals surface area (Å²) in [5.41, 5.74) is 0. The van der Waals surface area contributed by atoms with Gasteiger partial charge in [0.15, 0.2) is 0 Å². The fourth-order valence-electron chi connectivity index (χ4n) is 1.06. The highest BCUT2D eigenvalue weighted by molar-refractivity contribution is 5.84. The first kappa shape index (κ1) is 14.3. The molecule has 1 N–H and O–H groups in total. The van der Waals surface area contributed by atoms with Gasteiger partial charge in [0.2, 0.25) is 12.5 Å². The van der Waals surface area contributed by atoms with Crippen LogP contribution in [0.1, 0.15) is 20.3 Å². The fourth-order valence-corrected chi connectivity index (χ4v) is 1.06. The number of ether oxygens (including phenoxy) is 1. The van der Waals surface area contributed by atoms with Gasteiger partial charge in [-0.05, 0) is 5.92 Å². The smallest absolute Gasteiger partial charge is 0.328 e. The average molecular weight is 232 g/mol. The lowest BCUT2D eigenvalue weighted by molar-refractivity contribution is -0.478. The molecule has 0 spiro atoms. The van der Waals surface area contributed by atoms with Crippen molar-refractivity contribution in [1.82, 2.24) is 5.32 Å². The third-order valence-corrected chi connectivity index (χ3v) is 1.96. The van der Waals surface area contributed by atoms with Gasteiger partial charge in [-0.3, -0.25) is 14.9 Å². The number of methoxy groups -OCH3 is 1. The topological polar surface area (TPSA) is 98.5 Å². The van der Waals surface area contributed by atoms with Gasteiger partial charge in [-0.1, -0.05) is 13.8 Å². The monoisotopic (exact) mass is 232 g/mol. The molecule has 1 atom stereocenters. The Morgan fingerprint density at radius 1 is 1.44 bits per heavy atom. The number of amides is 1. The van der Waals surface area contributed by atoms with Crippen LogP contribution in [0.2, 0.25) is 0 Å². The molecule has 0 aliphatic heterocycles. The lowest BCUT2D eigenvalue weighted by Crippen LogP contribution is -2.45. The van der Waals surface area contributed by atoms with E-state index < -0.39 is 29.4 Å². The van der Waals surface area contributed by atoms with Gasteiger partial charge in [0.05, 0.1) is 13.5 Å². The maximum Gasteiger partial charge on any atom is 0.328 e. The van der Waals surface area contributed by atoms with Crippen LogP contribution in [0.3, 0.4) is 0 Å². The molecular formula is C9H16N2O5. The van der Waals surface area contributed by atoms with E-state index in [9.17, 15) is 19.7 Å². The Morgan fingerprint density at radius 2 is 2.00 bits per heavy atom. The predicted molar refractivity (Wildman–Crippen MR) is 55.3 cm³/mol. The van der Waals surface area contributed by atoms with E-state index >= 15 is 0 Å². The molecule has 0 saturated carbocycles. The summed E-state index contributed by atoms with van der Waals surface area (Å²) in [6.07, 6.45) is -0.243. The molecule has 16 heavy (non-hydrogen) atoms. The molecule has 7 nitrogen and oxygen atoms in total. The molecule has 0 saturated heterocycles. The Kier molecular flexibility index (Phi) is 6.06. The zero-order valence-corrected chi connectivity index (χ0v) is 9.56. The summed E-state index contributed by atoms with van der Waals surface area (Å²) < 4.78 is 4.51. The third-order valence-electron chi connectivity index (χ3n) is 1.96. The summed E-state index contributed by atoms with van der Waals surface area (Å²) in [6.45, 7) is 3.04. The lowest BCUT2D eigenvalue weighted by Gasteiger charge is -2.19. The summed E-state index contributed by atoms with van der Waals surface area (Å²) in [5, 5.41) is 12.5. The Labute approximate surface area is 93.3 Å². The summed E-state index contributed by atoms with van der Waals surface area (Å²) in [7, 11) is 1.22. The highest BCUT2D eigenvalue weighted by Gasteiger charge is 2.25. The van der Waals surface area contributed by atoms with Crippen LogP contribution >= 0.6 is 0 Å². The van der Waals surface area contributed by atoms with E-state index in [1.807, 2.05) is 0 Å². The molecule has 0 unspecified atom stereocenters. The number of esters is 1. The number of nitrogens with zero attached hydrogens (tertiary/aromatic N) is 1. The molecule has 0 aromatic carbocycles. The van der Waals surface area contributed by atoms with Crippen LogP contribution in [-0.2, 0) is 14.3 Å². The van der Waals surface area contributed by atoms with Crippen LogP contribution < -0.4 is 5.32 Å². The lowest BCUT2D eigenvalue weighted by atomic mass is 10.0. The third kappa shape index (κ3) is 5.28. The maximum atomic E-state index is 11.3. The second-order valence-corrected chi connectivity index (χ2v) is 3.62. The van der Waals surface area contributed by atoms with Gasteiger partial charge >= 0.3 is 5.97 Å². The molecular weight excluding hydrogens is 216 g/mol. The van der Waals surface area contributed by atoms with Crippen LogP contribution in [0.5, 0.6) is 0 Å². The van der Waals surface area contributed by atoms with Gasteiger partial charge < -0.3 is 10.1 Å². The molecule has 0 radical (unpaired) electrons. The van der Waals surface area contributed by atoms with Crippen LogP contribution in [0.4, 0.5) is 0 Å². The normalized spacial score (nSPS) is 12.0. The van der Waals surface area contributed by atoms with Crippen molar-refractivity contribution in [3.63, 3.8) is 0 Å². The van der Waals surface area contributed by atoms with Gasteiger partial charge in [-0.15, -0.1) is 0 Å². The molecule has 92 valence electrons. The summed E-state index contributed by atoms with van der Waals surface area (Å²) in [5.74, 6) is -1.21. The van der Waals surface area contributed by atoms with E-state index in [4.69, 9.17) is 0 Å². The predicted octanol–water partition coefficient (Wildman–Crippen LogP) is -0.0330. The van der Waals surface area contributed by atoms with Crippen molar-refractivity contribution in [2.45, 2.75) is 26.3 Å². The van der Waals surface area contributed by atoms with Gasteiger partial charge in [-0.2, -0.15) is 0 Å². The first-order valence-corrected chi connectivity index (χ1v) is 4.87. The molecule has 1 amide bonds. The second kappa shape index (κ2) is 6.76. The SMILES string of the molecule is COC(=O)[C@H](NC(=O)CC[N+](=O)[O-])C(C)C. The highest BCUT2D eigenvalue weighted by Crippen LogP contribution is 2.03. The fraction of sp³-hybridized carbons (Fsp3) is 0.778. The van der Waals surface area contributed by atoms with Crippen LogP contribution in [0.25, 0.3) is 0 Å². The maximum absolute atomic E-state index is 11.3. The first-order valence-electron chi connectivity index (χ1n) is 4.87. The van der Waals surface area contributed by atoms with Crippen LogP contribution in [-0.4, -0.2) is 36.5 Å². The van der Waals surface area contributed by atoms with Crippen molar-refractivity contribution in [3.05, 3.63) is 10.1 Å². The minimum absolute atomic E-state index is 0.132. The highest BCUT2D eigenvalue weighted by atomic mass is 16.6. The van der Waals surface area contributed by atoms with Crippen molar-refractivity contribution >= 4 is 11.9 Å². The van der Waals surface area contributed by atoms with Crippen molar-refractivity contribution in [2.24, 2.45) is 5.92 Å². The van der Waals surface area contributed by atoms with E-state index in [2.05, 4.69) is 10.1 Å². The van der Waals surface area contributed by atoms with E-state index in [1.165, 1.54) is 7.11 Å². The van der Waals surface area contributed by atoms with Crippen molar-refractivity contribution in [3.8, 4) is 0 Å². The molecule has 0 aromatic rings. The van der Waals surface area contributed by atoms with Crippen LogP contribution in [0.15, 0.2) is 0 Å². The number of hydrogen-bond donors (Lipinski definition) is 1. The number of nitrogens with one attached hydrogen (secondary N) is 1.